The van der Waals surface area contributed by atoms with E-state index in [2.05, 4.69) is 20.1 Å². The van der Waals surface area contributed by atoms with Crippen molar-refractivity contribution in [2.75, 3.05) is 53.9 Å². The van der Waals surface area contributed by atoms with Crippen molar-refractivity contribution in [3.05, 3.63) is 71.8 Å². The van der Waals surface area contributed by atoms with Crippen LogP contribution in [0.5, 0.6) is 11.5 Å². The molecule has 0 aliphatic rings. The van der Waals surface area contributed by atoms with Crippen LogP contribution in [-0.2, 0) is 54.1 Å². The second-order valence-electron chi connectivity index (χ2n) is 15.5. The Bertz CT molecular complexity index is 1790. The first-order valence-electron chi connectivity index (χ1n) is 21.2. The predicted octanol–water partition coefficient (Wildman–Crippen LogP) is 8.82. The van der Waals surface area contributed by atoms with Gasteiger partial charge in [0.25, 0.3) is 0 Å². The van der Waals surface area contributed by atoms with E-state index in [0.29, 0.717) is 42.6 Å². The number of ketones is 4. The van der Waals surface area contributed by atoms with Crippen LogP contribution >= 0.6 is 0 Å². The lowest BCUT2D eigenvalue weighted by Gasteiger charge is -2.33. The Morgan fingerprint density at radius 1 is 0.597 bits per heavy atom. The van der Waals surface area contributed by atoms with Gasteiger partial charge < -0.3 is 28.4 Å². The number of hydrogen-bond donors (Lipinski definition) is 0. The molecule has 0 N–H and O–H groups in total. The number of halogens is 2. The normalized spacial score (nSPS) is 11.1. The molecule has 2 rings (SSSR count). The molecule has 0 aromatic heterocycles. The first-order chi connectivity index (χ1) is 29.6. The number of aryl methyl sites for hydroxylation is 1. The first kappa shape index (κ1) is 53.1. The van der Waals surface area contributed by atoms with Crippen molar-refractivity contribution in [3.8, 4) is 22.6 Å². The van der Waals surface area contributed by atoms with Crippen LogP contribution in [0, 0.1) is 17.0 Å². The number of carbonyl (C=O) groups is 6. The quantitative estimate of drug-likeness (QED) is 0.0285. The van der Waals surface area contributed by atoms with Gasteiger partial charge in [0.2, 0.25) is 11.6 Å². The smallest absolute Gasteiger partial charge is 0.333 e. The van der Waals surface area contributed by atoms with Crippen molar-refractivity contribution in [2.24, 2.45) is 5.41 Å². The van der Waals surface area contributed by atoms with Gasteiger partial charge in [-0.15, -0.1) is 0 Å². The van der Waals surface area contributed by atoms with Crippen LogP contribution in [0.25, 0.3) is 11.1 Å². The van der Waals surface area contributed by atoms with E-state index in [1.54, 1.807) is 25.1 Å². The Hall–Kier alpha value is -5.08. The summed E-state index contributed by atoms with van der Waals surface area (Å²) in [6.45, 7) is 12.6. The second kappa shape index (κ2) is 28.5. The Balaban J connectivity index is 2.41. The lowest BCUT2D eigenvalue weighted by molar-refractivity contribution is -0.144. The van der Waals surface area contributed by atoms with Crippen LogP contribution < -0.4 is 9.47 Å². The third kappa shape index (κ3) is 18.9. The summed E-state index contributed by atoms with van der Waals surface area (Å²) in [7, 11) is 2.83. The molecule has 62 heavy (non-hydrogen) atoms. The van der Waals surface area contributed by atoms with Gasteiger partial charge in [0, 0.05) is 56.5 Å². The monoisotopic (exact) mass is 870 g/mol. The fraction of sp³-hybridized carbons (Fsp3) is 0.542. The van der Waals surface area contributed by atoms with Crippen molar-refractivity contribution in [2.45, 2.75) is 111 Å². The maximum Gasteiger partial charge on any atom is 0.333 e. The number of ether oxygens (including phenoxy) is 6. The number of carbonyl (C=O) groups excluding carboxylic acids is 6. The highest BCUT2D eigenvalue weighted by molar-refractivity contribution is 6.37. The summed E-state index contributed by atoms with van der Waals surface area (Å²) in [5.41, 5.74) is 0.806. The van der Waals surface area contributed by atoms with Crippen molar-refractivity contribution in [3.63, 3.8) is 0 Å². The number of methoxy groups -OCH3 is 2. The number of esters is 2. The molecule has 0 radical (unpaired) electrons. The van der Waals surface area contributed by atoms with Gasteiger partial charge in [-0.3, -0.25) is 19.2 Å². The van der Waals surface area contributed by atoms with Gasteiger partial charge in [0.15, 0.2) is 29.0 Å². The lowest BCUT2D eigenvalue weighted by atomic mass is 9.74. The molecule has 0 spiro atoms. The van der Waals surface area contributed by atoms with Gasteiger partial charge in [-0.1, -0.05) is 45.4 Å². The number of rotatable bonds is 34. The standard InChI is InChI=1S/C48H64F2O12/c1-8-9-10-11-24-60-45-38(49)30-37(31-39(45)50)35-15-16-44(36(29-35)14-12-25-61-46(55)33(2)3)59-26-13-21-48(32-62-47(56)34(4)5,22-17-40(51)42(53)19-27-57-6)23-18-41(52)43(54)20-28-58-7/h15-16,29-31H,2,4,8-14,17-28,32H2,1,3,5-7H3. The summed E-state index contributed by atoms with van der Waals surface area (Å²) in [5.74, 6) is -5.37. The van der Waals surface area contributed by atoms with E-state index >= 15 is 8.78 Å². The fourth-order valence-corrected chi connectivity index (χ4v) is 6.48. The molecule has 0 aliphatic carbocycles. The zero-order valence-electron chi connectivity index (χ0n) is 37.1. The molecule has 12 nitrogen and oxygen atoms in total. The lowest BCUT2D eigenvalue weighted by Crippen LogP contribution is -2.32. The van der Waals surface area contributed by atoms with Crippen LogP contribution in [-0.4, -0.2) is 88.9 Å². The van der Waals surface area contributed by atoms with E-state index in [0.717, 1.165) is 19.3 Å². The predicted molar refractivity (Wildman–Crippen MR) is 230 cm³/mol. The largest absolute Gasteiger partial charge is 0.493 e. The summed E-state index contributed by atoms with van der Waals surface area (Å²) in [5, 5.41) is 0. The summed E-state index contributed by atoms with van der Waals surface area (Å²) < 4.78 is 62.9. The van der Waals surface area contributed by atoms with Gasteiger partial charge in [0.05, 0.1) is 39.6 Å². The number of unbranched alkanes of at least 4 members (excludes halogenated alkanes) is 3. The highest BCUT2D eigenvalue weighted by Crippen LogP contribution is 2.37. The summed E-state index contributed by atoms with van der Waals surface area (Å²) in [4.78, 5) is 75.6. The molecule has 0 amide bonds. The molecule has 0 bridgehead atoms. The van der Waals surface area contributed by atoms with Gasteiger partial charge in [-0.05, 0) is 99.7 Å². The molecule has 0 unspecified atom stereocenters. The average Bonchev–Trinajstić information content (AvgIpc) is 3.25. The molecule has 2 aromatic rings. The van der Waals surface area contributed by atoms with Crippen LogP contribution in [0.1, 0.15) is 110 Å². The van der Waals surface area contributed by atoms with Crippen LogP contribution in [0.2, 0.25) is 0 Å². The van der Waals surface area contributed by atoms with Gasteiger partial charge in [-0.25, -0.2) is 18.4 Å². The fourth-order valence-electron chi connectivity index (χ4n) is 6.48. The molecule has 342 valence electrons. The summed E-state index contributed by atoms with van der Waals surface area (Å²) in [6, 6.07) is 7.51. The van der Waals surface area contributed by atoms with E-state index in [1.165, 1.54) is 33.3 Å². The summed E-state index contributed by atoms with van der Waals surface area (Å²) in [6.07, 6.45) is 4.42. The SMILES string of the molecule is C=C(C)C(=O)OCCCc1cc(-c2cc(F)c(OCCCCCC)c(F)c2)ccc1OCCCC(CCC(=O)C(=O)CCOC)(CCC(=O)C(=O)CCOC)COC(=O)C(=C)C. The van der Waals surface area contributed by atoms with Crippen molar-refractivity contribution >= 4 is 35.1 Å². The van der Waals surface area contributed by atoms with E-state index in [9.17, 15) is 28.8 Å². The van der Waals surface area contributed by atoms with E-state index in [-0.39, 0.29) is 101 Å². The van der Waals surface area contributed by atoms with Crippen molar-refractivity contribution < 1.29 is 66.0 Å². The molecule has 0 atom stereocenters. The van der Waals surface area contributed by atoms with Crippen LogP contribution in [0.15, 0.2) is 54.6 Å². The number of Topliss-reactive ketones (excluding diaryl/α,β-unsaturated/α-hetero) is 4. The van der Waals surface area contributed by atoms with E-state index < -0.39 is 57.9 Å². The van der Waals surface area contributed by atoms with Gasteiger partial charge >= 0.3 is 11.9 Å². The van der Waals surface area contributed by atoms with Gasteiger partial charge in [-0.2, -0.15) is 0 Å². The van der Waals surface area contributed by atoms with Crippen molar-refractivity contribution in [1.29, 1.82) is 0 Å². The van der Waals surface area contributed by atoms with E-state index in [4.69, 9.17) is 28.4 Å². The molecule has 0 saturated carbocycles. The minimum atomic E-state index is -1.03. The minimum absolute atomic E-state index is 0.0617. The molecule has 0 heterocycles. The molecule has 0 saturated heterocycles. The van der Waals surface area contributed by atoms with E-state index in [1.807, 2.05) is 0 Å². The topological polar surface area (TPSA) is 158 Å². The zero-order chi connectivity index (χ0) is 46.1. The molecule has 0 fully saturated rings. The maximum absolute atomic E-state index is 15.2. The molecule has 2 aromatic carbocycles. The first-order valence-corrected chi connectivity index (χ1v) is 21.2. The Kier molecular flexibility index (Phi) is 24.4. The Labute approximate surface area is 364 Å². The average molecular weight is 871 g/mol. The number of benzene rings is 2. The minimum Gasteiger partial charge on any atom is -0.493 e. The second-order valence-corrected chi connectivity index (χ2v) is 15.5. The molecule has 14 heteroatoms. The molecular formula is C48H64F2O12. The third-order valence-electron chi connectivity index (χ3n) is 10.2. The highest BCUT2D eigenvalue weighted by Gasteiger charge is 2.34. The molecular weight excluding hydrogens is 807 g/mol. The maximum atomic E-state index is 15.2. The van der Waals surface area contributed by atoms with Crippen LogP contribution in [0.4, 0.5) is 8.78 Å². The summed E-state index contributed by atoms with van der Waals surface area (Å²) >= 11 is 0. The zero-order valence-corrected chi connectivity index (χ0v) is 37.1. The third-order valence-corrected chi connectivity index (χ3v) is 10.2. The van der Waals surface area contributed by atoms with Crippen LogP contribution in [0.3, 0.4) is 0 Å². The highest BCUT2D eigenvalue weighted by atomic mass is 19.1. The number of hydrogen-bond acceptors (Lipinski definition) is 12. The Morgan fingerprint density at radius 3 is 1.69 bits per heavy atom. The van der Waals surface area contributed by atoms with Crippen molar-refractivity contribution in [1.82, 2.24) is 0 Å². The molecule has 0 aliphatic heterocycles. The Morgan fingerprint density at radius 2 is 1.15 bits per heavy atom. The van der Waals surface area contributed by atoms with Gasteiger partial charge in [0.1, 0.15) is 5.75 Å².